The Labute approximate surface area is 126 Å². The third-order valence-electron chi connectivity index (χ3n) is 3.22. The molecular weight excluding hydrogens is 302 g/mol. The molecule has 6 heteroatoms. The first-order valence-corrected chi connectivity index (χ1v) is 7.35. The van der Waals surface area contributed by atoms with Crippen LogP contribution in [0.3, 0.4) is 0 Å². The minimum absolute atomic E-state index is 0.217. The average molecular weight is 311 g/mol. The van der Waals surface area contributed by atoms with E-state index in [1.807, 2.05) is 30.3 Å². The summed E-state index contributed by atoms with van der Waals surface area (Å²) in [7, 11) is 0. The molecule has 5 nitrogen and oxygen atoms in total. The number of aromatic nitrogens is 1. The van der Waals surface area contributed by atoms with Gasteiger partial charge in [0.2, 0.25) is 0 Å². The topological polar surface area (TPSA) is 76.2 Å². The molecule has 0 spiro atoms. The highest BCUT2D eigenvalue weighted by atomic mass is 32.1. The smallest absolute Gasteiger partial charge is 0.336 e. The van der Waals surface area contributed by atoms with Crippen LogP contribution < -0.4 is 11.3 Å². The first kappa shape index (κ1) is 12.8. The Morgan fingerprint density at radius 3 is 2.45 bits per heavy atom. The van der Waals surface area contributed by atoms with Gasteiger partial charge < -0.3 is 13.8 Å². The number of para-hydroxylation sites is 1. The number of benzene rings is 2. The molecule has 4 rings (SSSR count). The van der Waals surface area contributed by atoms with Gasteiger partial charge in [0.25, 0.3) is 0 Å². The van der Waals surface area contributed by atoms with Crippen LogP contribution in [0.5, 0.6) is 0 Å². The molecule has 0 saturated heterocycles. The molecule has 0 fully saturated rings. The van der Waals surface area contributed by atoms with Crippen LogP contribution in [0.4, 0.5) is 0 Å². The second kappa shape index (κ2) is 4.85. The van der Waals surface area contributed by atoms with Gasteiger partial charge in [0.1, 0.15) is 5.52 Å². The predicted molar refractivity (Wildman–Crippen MR) is 85.9 cm³/mol. The van der Waals surface area contributed by atoms with E-state index >= 15 is 0 Å². The summed E-state index contributed by atoms with van der Waals surface area (Å²) >= 11 is 1.56. The lowest BCUT2D eigenvalue weighted by Crippen LogP contribution is -2.00. The second-order valence-electron chi connectivity index (χ2n) is 4.66. The van der Waals surface area contributed by atoms with Crippen molar-refractivity contribution in [2.45, 2.75) is 0 Å². The van der Waals surface area contributed by atoms with Crippen LogP contribution in [-0.4, -0.2) is 4.98 Å². The van der Waals surface area contributed by atoms with Crippen molar-refractivity contribution in [1.82, 2.24) is 4.98 Å². The summed E-state index contributed by atoms with van der Waals surface area (Å²) in [5.41, 5.74) is 0.751. The third-order valence-corrected chi connectivity index (χ3v) is 4.35. The number of hydrogen-bond donors (Lipinski definition) is 1. The molecule has 0 unspecified atom stereocenters. The van der Waals surface area contributed by atoms with E-state index < -0.39 is 11.3 Å². The maximum atomic E-state index is 11.7. The van der Waals surface area contributed by atoms with Crippen LogP contribution in [0.2, 0.25) is 0 Å². The maximum Gasteiger partial charge on any atom is 0.336 e. The summed E-state index contributed by atoms with van der Waals surface area (Å²) in [6.45, 7) is 0. The van der Waals surface area contributed by atoms with Gasteiger partial charge in [-0.2, -0.15) is 0 Å². The molecule has 108 valence electrons. The monoisotopic (exact) mass is 311 g/mol. The normalized spacial score (nSPS) is 11.1. The van der Waals surface area contributed by atoms with Crippen LogP contribution in [0.25, 0.3) is 31.6 Å². The van der Waals surface area contributed by atoms with Crippen molar-refractivity contribution < 1.29 is 8.83 Å². The van der Waals surface area contributed by atoms with Crippen molar-refractivity contribution in [2.75, 3.05) is 0 Å². The summed E-state index contributed by atoms with van der Waals surface area (Å²) in [5, 5.41) is 0. The van der Waals surface area contributed by atoms with Gasteiger partial charge in [-0.25, -0.2) is 9.59 Å². The lowest BCUT2D eigenvalue weighted by atomic mass is 10.3. The van der Waals surface area contributed by atoms with Gasteiger partial charge in [0, 0.05) is 12.1 Å². The molecule has 4 aromatic rings. The molecule has 0 amide bonds. The minimum atomic E-state index is -0.614. The van der Waals surface area contributed by atoms with E-state index in [-0.39, 0.29) is 11.2 Å². The van der Waals surface area contributed by atoms with Crippen molar-refractivity contribution in [3.8, 4) is 0 Å². The maximum absolute atomic E-state index is 11.7. The van der Waals surface area contributed by atoms with Gasteiger partial charge in [0.15, 0.2) is 11.2 Å². The highest BCUT2D eigenvalue weighted by Crippen LogP contribution is 2.29. The fourth-order valence-corrected chi connectivity index (χ4v) is 3.25. The Morgan fingerprint density at radius 2 is 1.59 bits per heavy atom. The quantitative estimate of drug-likeness (QED) is 0.504. The van der Waals surface area contributed by atoms with E-state index in [9.17, 15) is 9.59 Å². The van der Waals surface area contributed by atoms with Crippen molar-refractivity contribution in [3.05, 3.63) is 69.4 Å². The van der Waals surface area contributed by atoms with Gasteiger partial charge >= 0.3 is 11.3 Å². The average Bonchev–Trinajstić information content (AvgIpc) is 2.52. The lowest BCUT2D eigenvalue weighted by Gasteiger charge is -2.03. The molecule has 22 heavy (non-hydrogen) atoms. The summed E-state index contributed by atoms with van der Waals surface area (Å²) in [6, 6.07) is 13.4. The van der Waals surface area contributed by atoms with Gasteiger partial charge in [-0.15, -0.1) is 11.3 Å². The molecule has 0 aliphatic rings. The van der Waals surface area contributed by atoms with Crippen LogP contribution in [0.1, 0.15) is 0 Å². The number of nitrogens with one attached hydrogen (secondary N) is 1. The van der Waals surface area contributed by atoms with Gasteiger partial charge in [-0.1, -0.05) is 12.1 Å². The molecule has 0 aliphatic heterocycles. The fraction of sp³-hybridized carbons (Fsp3) is 0. The van der Waals surface area contributed by atoms with E-state index in [1.54, 1.807) is 17.4 Å². The van der Waals surface area contributed by atoms with Crippen LogP contribution in [0, 0.1) is 0 Å². The van der Waals surface area contributed by atoms with Crippen LogP contribution in [-0.2, 0) is 0 Å². The summed E-state index contributed by atoms with van der Waals surface area (Å²) < 4.78 is 12.5. The molecule has 0 radical (unpaired) electrons. The lowest BCUT2D eigenvalue weighted by molar-refractivity contribution is 0.521. The molecular formula is C16H9NO4S. The largest absolute Gasteiger partial charge is 0.419 e. The SMILES string of the molecule is O=c1ccc(=O)oc2c(ccc3sc4ccccc4[nH]c32)o1. The summed E-state index contributed by atoms with van der Waals surface area (Å²) in [4.78, 5) is 26.5. The fourth-order valence-electron chi connectivity index (χ4n) is 2.26. The number of fused-ring (bicyclic) bond motifs is 4. The number of rotatable bonds is 0. The van der Waals surface area contributed by atoms with E-state index in [4.69, 9.17) is 8.83 Å². The van der Waals surface area contributed by atoms with Crippen molar-refractivity contribution in [3.63, 3.8) is 0 Å². The number of hydrogen-bond acceptors (Lipinski definition) is 5. The Balaban J connectivity index is 2.29. The van der Waals surface area contributed by atoms with E-state index in [2.05, 4.69) is 4.98 Å². The van der Waals surface area contributed by atoms with Gasteiger partial charge in [-0.3, -0.25) is 0 Å². The zero-order valence-corrected chi connectivity index (χ0v) is 12.0. The Bertz CT molecular complexity index is 1180. The van der Waals surface area contributed by atoms with Crippen LogP contribution >= 0.6 is 11.3 Å². The first-order chi connectivity index (χ1) is 10.7. The molecule has 0 bridgehead atoms. The Kier molecular flexibility index (Phi) is 2.83. The summed E-state index contributed by atoms with van der Waals surface area (Å²) in [6.07, 6.45) is 0. The number of aromatic amines is 1. The van der Waals surface area contributed by atoms with E-state index in [1.165, 1.54) is 0 Å². The Hall–Kier alpha value is -2.86. The zero-order valence-electron chi connectivity index (χ0n) is 11.2. The molecule has 1 N–H and O–H groups in total. The highest BCUT2D eigenvalue weighted by Gasteiger charge is 2.07. The third kappa shape index (κ3) is 2.10. The first-order valence-electron chi connectivity index (χ1n) is 6.53. The van der Waals surface area contributed by atoms with E-state index in [0.717, 1.165) is 27.0 Å². The van der Waals surface area contributed by atoms with Crippen molar-refractivity contribution in [2.24, 2.45) is 0 Å². The number of H-pyrrole nitrogens is 1. The second-order valence-corrected chi connectivity index (χ2v) is 5.75. The minimum Gasteiger partial charge on any atom is -0.419 e. The van der Waals surface area contributed by atoms with Crippen molar-refractivity contribution in [1.29, 1.82) is 0 Å². The van der Waals surface area contributed by atoms with E-state index in [0.29, 0.717) is 5.52 Å². The Morgan fingerprint density at radius 1 is 0.818 bits per heavy atom. The zero-order chi connectivity index (χ0) is 15.1. The van der Waals surface area contributed by atoms with Gasteiger partial charge in [-0.05, 0) is 24.3 Å². The molecule has 2 heterocycles. The molecule has 0 aliphatic carbocycles. The summed E-state index contributed by atoms with van der Waals surface area (Å²) in [5.74, 6) is 0. The van der Waals surface area contributed by atoms with Crippen LogP contribution in [0.15, 0.2) is 67.0 Å². The molecule has 2 aromatic carbocycles. The van der Waals surface area contributed by atoms with Crippen molar-refractivity contribution >= 4 is 42.9 Å². The highest BCUT2D eigenvalue weighted by molar-refractivity contribution is 7.24. The molecule has 0 atom stereocenters. The molecule has 0 saturated carbocycles. The predicted octanol–water partition coefficient (Wildman–Crippen LogP) is 3.57. The standard InChI is InChI=1S/C16H9NO4S/c18-13-7-8-14(19)21-16-10(20-13)5-6-12-15(16)17-9-3-1-2-4-11(9)22-12/h1-8,17H. The molecule has 2 aromatic heterocycles. The van der Waals surface area contributed by atoms with Gasteiger partial charge in [0.05, 0.1) is 14.9 Å².